The molecular formula is C12H17N3O2. The Hall–Kier alpha value is -1.46. The molecule has 1 aliphatic heterocycles. The van der Waals surface area contributed by atoms with Gasteiger partial charge >= 0.3 is 0 Å². The Balaban J connectivity index is 1.96. The minimum Gasteiger partial charge on any atom is -0.317 e. The first-order valence-electron chi connectivity index (χ1n) is 5.94. The molecule has 0 aliphatic carbocycles. The van der Waals surface area contributed by atoms with Gasteiger partial charge in [0.1, 0.15) is 0 Å². The summed E-state index contributed by atoms with van der Waals surface area (Å²) in [5, 5.41) is 17.5. The van der Waals surface area contributed by atoms with Crippen molar-refractivity contribution < 1.29 is 4.92 Å². The van der Waals surface area contributed by atoms with Crippen molar-refractivity contribution in [1.82, 2.24) is 10.6 Å². The molecule has 1 saturated heterocycles. The molecule has 5 nitrogen and oxygen atoms in total. The molecule has 0 aromatic heterocycles. The number of nitro benzene ring substituents is 1. The van der Waals surface area contributed by atoms with Gasteiger partial charge in [-0.15, -0.1) is 0 Å². The quantitative estimate of drug-likeness (QED) is 0.612. The highest BCUT2D eigenvalue weighted by Gasteiger charge is 2.15. The van der Waals surface area contributed by atoms with E-state index in [1.54, 1.807) is 12.1 Å². The molecule has 0 amide bonds. The van der Waals surface area contributed by atoms with Gasteiger partial charge in [-0.25, -0.2) is 0 Å². The maximum atomic E-state index is 10.8. The zero-order valence-electron chi connectivity index (χ0n) is 9.69. The van der Waals surface area contributed by atoms with Crippen LogP contribution in [-0.2, 0) is 6.54 Å². The smallest absolute Gasteiger partial charge is 0.273 e. The molecule has 1 aliphatic rings. The first kappa shape index (κ1) is 12.0. The Labute approximate surface area is 100 Å². The van der Waals surface area contributed by atoms with Crippen LogP contribution in [0.5, 0.6) is 0 Å². The molecule has 1 aromatic rings. The van der Waals surface area contributed by atoms with Gasteiger partial charge in [0, 0.05) is 24.2 Å². The van der Waals surface area contributed by atoms with Crippen LogP contribution in [0.1, 0.15) is 18.4 Å². The van der Waals surface area contributed by atoms with E-state index in [9.17, 15) is 10.1 Å². The zero-order chi connectivity index (χ0) is 12.1. The van der Waals surface area contributed by atoms with Gasteiger partial charge in [-0.05, 0) is 25.9 Å². The highest BCUT2D eigenvalue weighted by Crippen LogP contribution is 2.17. The number of piperidine rings is 1. The van der Waals surface area contributed by atoms with Gasteiger partial charge in [0.15, 0.2) is 0 Å². The molecule has 1 fully saturated rings. The first-order valence-corrected chi connectivity index (χ1v) is 5.94. The molecule has 1 heterocycles. The Morgan fingerprint density at radius 2 is 2.06 bits per heavy atom. The predicted molar refractivity (Wildman–Crippen MR) is 65.8 cm³/mol. The fourth-order valence-electron chi connectivity index (χ4n) is 2.12. The van der Waals surface area contributed by atoms with Crippen molar-refractivity contribution in [2.45, 2.75) is 25.4 Å². The van der Waals surface area contributed by atoms with Crippen LogP contribution in [0.3, 0.4) is 0 Å². The molecule has 17 heavy (non-hydrogen) atoms. The number of benzene rings is 1. The van der Waals surface area contributed by atoms with E-state index in [2.05, 4.69) is 10.6 Å². The molecule has 0 unspecified atom stereocenters. The van der Waals surface area contributed by atoms with Crippen molar-refractivity contribution >= 4 is 5.69 Å². The number of nitrogens with one attached hydrogen (secondary N) is 2. The van der Waals surface area contributed by atoms with Crippen LogP contribution in [0.15, 0.2) is 24.3 Å². The van der Waals surface area contributed by atoms with Crippen molar-refractivity contribution in [1.29, 1.82) is 0 Å². The summed E-state index contributed by atoms with van der Waals surface area (Å²) < 4.78 is 0. The Morgan fingerprint density at radius 3 is 2.76 bits per heavy atom. The SMILES string of the molecule is O=[N+]([O-])c1ccccc1CNC1CCNCC1. The maximum absolute atomic E-state index is 10.8. The van der Waals surface area contributed by atoms with E-state index < -0.39 is 0 Å². The molecule has 0 bridgehead atoms. The van der Waals surface area contributed by atoms with E-state index in [1.807, 2.05) is 12.1 Å². The van der Waals surface area contributed by atoms with Crippen LogP contribution in [0.25, 0.3) is 0 Å². The second kappa shape index (κ2) is 5.75. The lowest BCUT2D eigenvalue weighted by atomic mass is 10.1. The van der Waals surface area contributed by atoms with Crippen molar-refractivity contribution in [3.05, 3.63) is 39.9 Å². The van der Waals surface area contributed by atoms with Gasteiger partial charge in [0.05, 0.1) is 4.92 Å². The van der Waals surface area contributed by atoms with E-state index in [-0.39, 0.29) is 10.6 Å². The normalized spacial score (nSPS) is 16.9. The van der Waals surface area contributed by atoms with E-state index in [0.29, 0.717) is 12.6 Å². The van der Waals surface area contributed by atoms with Crippen LogP contribution in [0, 0.1) is 10.1 Å². The summed E-state index contributed by atoms with van der Waals surface area (Å²) >= 11 is 0. The second-order valence-corrected chi connectivity index (χ2v) is 4.29. The Kier molecular flexibility index (Phi) is 4.06. The van der Waals surface area contributed by atoms with E-state index in [4.69, 9.17) is 0 Å². The fourth-order valence-corrected chi connectivity index (χ4v) is 2.12. The number of rotatable bonds is 4. The van der Waals surface area contributed by atoms with Crippen LogP contribution in [0.2, 0.25) is 0 Å². The molecule has 0 radical (unpaired) electrons. The summed E-state index contributed by atoms with van der Waals surface area (Å²) in [5.74, 6) is 0. The third kappa shape index (κ3) is 3.25. The Bertz CT molecular complexity index is 389. The van der Waals surface area contributed by atoms with Gasteiger partial charge < -0.3 is 10.6 Å². The average molecular weight is 235 g/mol. The summed E-state index contributed by atoms with van der Waals surface area (Å²) in [6.45, 7) is 2.62. The van der Waals surface area contributed by atoms with Gasteiger partial charge in [0.25, 0.3) is 5.69 Å². The zero-order valence-corrected chi connectivity index (χ0v) is 9.69. The molecular weight excluding hydrogens is 218 g/mol. The van der Waals surface area contributed by atoms with Gasteiger partial charge in [0.2, 0.25) is 0 Å². The Morgan fingerprint density at radius 1 is 1.35 bits per heavy atom. The molecule has 92 valence electrons. The van der Waals surface area contributed by atoms with Gasteiger partial charge in [-0.3, -0.25) is 10.1 Å². The van der Waals surface area contributed by atoms with Crippen LogP contribution < -0.4 is 10.6 Å². The predicted octanol–water partition coefficient (Wildman–Crippen LogP) is 1.44. The third-order valence-electron chi connectivity index (χ3n) is 3.11. The lowest BCUT2D eigenvalue weighted by Gasteiger charge is -2.23. The molecule has 1 aromatic carbocycles. The molecule has 2 rings (SSSR count). The van der Waals surface area contributed by atoms with Crippen molar-refractivity contribution in [2.75, 3.05) is 13.1 Å². The monoisotopic (exact) mass is 235 g/mol. The summed E-state index contributed by atoms with van der Waals surface area (Å²) in [5.41, 5.74) is 0.963. The number of hydrogen-bond acceptors (Lipinski definition) is 4. The van der Waals surface area contributed by atoms with Gasteiger partial charge in [-0.2, -0.15) is 0 Å². The fraction of sp³-hybridized carbons (Fsp3) is 0.500. The maximum Gasteiger partial charge on any atom is 0.273 e. The highest BCUT2D eigenvalue weighted by molar-refractivity contribution is 5.39. The highest BCUT2D eigenvalue weighted by atomic mass is 16.6. The third-order valence-corrected chi connectivity index (χ3v) is 3.11. The van der Waals surface area contributed by atoms with E-state index in [1.165, 1.54) is 0 Å². The van der Waals surface area contributed by atoms with E-state index in [0.717, 1.165) is 31.5 Å². The van der Waals surface area contributed by atoms with Gasteiger partial charge in [-0.1, -0.05) is 18.2 Å². The topological polar surface area (TPSA) is 67.2 Å². The van der Waals surface area contributed by atoms with Crippen LogP contribution >= 0.6 is 0 Å². The first-order chi connectivity index (χ1) is 8.27. The summed E-state index contributed by atoms with van der Waals surface area (Å²) in [7, 11) is 0. The number of hydrogen-bond donors (Lipinski definition) is 2. The van der Waals surface area contributed by atoms with Crippen LogP contribution in [0.4, 0.5) is 5.69 Å². The van der Waals surface area contributed by atoms with E-state index >= 15 is 0 Å². The minimum atomic E-state index is -0.320. The molecule has 2 N–H and O–H groups in total. The summed E-state index contributed by atoms with van der Waals surface area (Å²) in [4.78, 5) is 10.5. The summed E-state index contributed by atoms with van der Waals surface area (Å²) in [6.07, 6.45) is 2.17. The van der Waals surface area contributed by atoms with Crippen molar-refractivity contribution in [2.24, 2.45) is 0 Å². The van der Waals surface area contributed by atoms with Crippen molar-refractivity contribution in [3.8, 4) is 0 Å². The molecule has 5 heteroatoms. The molecule has 0 spiro atoms. The van der Waals surface area contributed by atoms with Crippen LogP contribution in [-0.4, -0.2) is 24.1 Å². The summed E-state index contributed by atoms with van der Waals surface area (Å²) in [6, 6.07) is 7.38. The standard InChI is InChI=1S/C12H17N3O2/c16-15(17)12-4-2-1-3-10(12)9-14-11-5-7-13-8-6-11/h1-4,11,13-14H,5-9H2. The number of para-hydroxylation sites is 1. The largest absolute Gasteiger partial charge is 0.317 e. The van der Waals surface area contributed by atoms with Crippen molar-refractivity contribution in [3.63, 3.8) is 0 Å². The lowest BCUT2D eigenvalue weighted by molar-refractivity contribution is -0.385. The number of nitrogens with zero attached hydrogens (tertiary/aromatic N) is 1. The minimum absolute atomic E-state index is 0.203. The lowest BCUT2D eigenvalue weighted by Crippen LogP contribution is -2.39. The number of nitro groups is 1. The average Bonchev–Trinajstić information content (AvgIpc) is 2.38. The molecule has 0 atom stereocenters. The molecule has 0 saturated carbocycles. The second-order valence-electron chi connectivity index (χ2n) is 4.29.